The molecule has 0 spiro atoms. The van der Waals surface area contributed by atoms with Crippen molar-refractivity contribution >= 4 is 51.2 Å². The summed E-state index contributed by atoms with van der Waals surface area (Å²) in [6.45, 7) is 5.68. The number of hydrogen-bond acceptors (Lipinski definition) is 3. The fourth-order valence-electron chi connectivity index (χ4n) is 1.51. The molecule has 0 amide bonds. The molecule has 0 saturated carbocycles. The van der Waals surface area contributed by atoms with E-state index >= 15 is 0 Å². The summed E-state index contributed by atoms with van der Waals surface area (Å²) in [5.74, 6) is 0. The van der Waals surface area contributed by atoms with Gasteiger partial charge in [-0.2, -0.15) is 0 Å². The summed E-state index contributed by atoms with van der Waals surface area (Å²) in [5, 5.41) is 0. The van der Waals surface area contributed by atoms with Crippen LogP contribution in [0.3, 0.4) is 0 Å². The van der Waals surface area contributed by atoms with Crippen LogP contribution in [0.1, 0.15) is 13.8 Å². The molecule has 96 valence electrons. The second-order valence-electron chi connectivity index (χ2n) is 3.41. The zero-order valence-corrected chi connectivity index (χ0v) is 10.6. The third kappa shape index (κ3) is 4.33. The van der Waals surface area contributed by atoms with Crippen LogP contribution in [0.5, 0.6) is 0 Å². The molecule has 0 radical (unpaired) electrons. The van der Waals surface area contributed by atoms with E-state index in [2.05, 4.69) is 4.90 Å². The average Bonchev–Trinajstić information content (AvgIpc) is 2.29. The van der Waals surface area contributed by atoms with E-state index in [9.17, 15) is 13.9 Å². The molecular weight excluding hydrogens is 265 g/mol. The van der Waals surface area contributed by atoms with Gasteiger partial charge >= 0.3 is 39.9 Å². The normalized spacial score (nSPS) is 10.6. The first-order valence-corrected chi connectivity index (χ1v) is 6.61. The molecule has 1 aromatic carbocycles. The van der Waals surface area contributed by atoms with Gasteiger partial charge in [-0.1, -0.05) is 0 Å². The second kappa shape index (κ2) is 7.20. The van der Waals surface area contributed by atoms with Gasteiger partial charge in [0.25, 0.3) is 0 Å². The quantitative estimate of drug-likeness (QED) is 0.382. The Bertz CT molecular complexity index is 498. The van der Waals surface area contributed by atoms with Crippen LogP contribution in [0.25, 0.3) is 5.53 Å². The average molecular weight is 281 g/mol. The van der Waals surface area contributed by atoms with Crippen LogP contribution in [0, 0.1) is 0 Å². The molecule has 0 aliphatic carbocycles. The maximum absolute atomic E-state index is 10.7. The topological polar surface area (TPSA) is 82.9 Å². The van der Waals surface area contributed by atoms with E-state index in [1.165, 1.54) is 12.1 Å². The molecular formula is C10H16N3NaO3S. The third-order valence-corrected chi connectivity index (χ3v) is 3.07. The van der Waals surface area contributed by atoms with Crippen molar-refractivity contribution in [1.29, 1.82) is 0 Å². The van der Waals surface area contributed by atoms with Gasteiger partial charge in [-0.25, -0.2) is 4.55 Å². The molecule has 0 atom stereocenters. The monoisotopic (exact) mass is 281 g/mol. The first-order chi connectivity index (χ1) is 7.90. The third-order valence-electron chi connectivity index (χ3n) is 2.42. The van der Waals surface area contributed by atoms with E-state index in [0.29, 0.717) is 0 Å². The standard InChI is InChI=1S/C10H15N3O3S.Na.H/c1-3-12(4-2)9-5-7-10(8-6-9)13(11)17(14,15)16;;/h5-8H,3-4H2,1-2H3,(H,14,15,16);;. The summed E-state index contributed by atoms with van der Waals surface area (Å²) in [5.41, 5.74) is 10.1. The Labute approximate surface area is 129 Å². The van der Waals surface area contributed by atoms with Crippen molar-refractivity contribution in [3.63, 3.8) is 0 Å². The predicted molar refractivity (Wildman–Crippen MR) is 72.0 cm³/mol. The van der Waals surface area contributed by atoms with E-state index in [1.807, 2.05) is 13.8 Å². The second-order valence-corrected chi connectivity index (χ2v) is 4.65. The first-order valence-electron chi connectivity index (χ1n) is 5.21. The Balaban J connectivity index is 0.00000289. The van der Waals surface area contributed by atoms with E-state index in [1.54, 1.807) is 12.1 Å². The Kier molecular flexibility index (Phi) is 7.01. The van der Waals surface area contributed by atoms with Gasteiger partial charge < -0.3 is 10.4 Å². The zero-order valence-electron chi connectivity index (χ0n) is 9.74. The van der Waals surface area contributed by atoms with Crippen LogP contribution in [-0.2, 0) is 10.3 Å². The zero-order chi connectivity index (χ0) is 13.1. The van der Waals surface area contributed by atoms with E-state index < -0.39 is 10.3 Å². The Morgan fingerprint density at radius 1 is 1.22 bits per heavy atom. The van der Waals surface area contributed by atoms with Gasteiger partial charge in [0.1, 0.15) is 0 Å². The number of rotatable bonds is 5. The van der Waals surface area contributed by atoms with Gasteiger partial charge in [0.15, 0.2) is 0 Å². The van der Waals surface area contributed by atoms with Crippen molar-refractivity contribution in [3.8, 4) is 0 Å². The number of anilines is 1. The van der Waals surface area contributed by atoms with E-state index in [4.69, 9.17) is 4.55 Å². The molecule has 0 heterocycles. The minimum atomic E-state index is -4.62. The van der Waals surface area contributed by atoms with Crippen LogP contribution < -0.4 is 4.90 Å². The minimum absolute atomic E-state index is 0. The summed E-state index contributed by atoms with van der Waals surface area (Å²) < 4.78 is 29.8. The van der Waals surface area contributed by atoms with Gasteiger partial charge in [0, 0.05) is 30.9 Å². The summed E-state index contributed by atoms with van der Waals surface area (Å²) >= 11 is 0. The van der Waals surface area contributed by atoms with Gasteiger partial charge in [-0.15, -0.1) is 12.5 Å². The summed E-state index contributed by atoms with van der Waals surface area (Å²) in [6, 6.07) is 6.19. The van der Waals surface area contributed by atoms with Crippen molar-refractivity contribution in [2.45, 2.75) is 13.8 Å². The Hall–Kier alpha value is -0.470. The van der Waals surface area contributed by atoms with Crippen LogP contribution in [-0.4, -0.2) is 59.7 Å². The van der Waals surface area contributed by atoms with E-state index in [0.717, 1.165) is 18.8 Å². The maximum atomic E-state index is 10.7. The van der Waals surface area contributed by atoms with Gasteiger partial charge in [0.2, 0.25) is 5.69 Å². The van der Waals surface area contributed by atoms with Crippen molar-refractivity contribution in [3.05, 3.63) is 29.8 Å². The number of benzene rings is 1. The molecule has 0 aliphatic heterocycles. The molecule has 8 heteroatoms. The van der Waals surface area contributed by atoms with Gasteiger partial charge in [-0.05, 0) is 26.0 Å². The number of nitrogens with zero attached hydrogens (tertiary/aromatic N) is 3. The molecule has 6 nitrogen and oxygen atoms in total. The molecule has 0 unspecified atom stereocenters. The molecule has 1 rings (SSSR count). The first kappa shape index (κ1) is 17.5. The van der Waals surface area contributed by atoms with Crippen LogP contribution >= 0.6 is 0 Å². The van der Waals surface area contributed by atoms with E-state index in [-0.39, 0.29) is 39.3 Å². The van der Waals surface area contributed by atoms with Crippen molar-refractivity contribution in [2.75, 3.05) is 18.0 Å². The number of hydrogen-bond donors (Lipinski definition) is 1. The Morgan fingerprint density at radius 2 is 1.67 bits per heavy atom. The molecule has 0 saturated heterocycles. The molecule has 0 aromatic heterocycles. The molecule has 18 heavy (non-hydrogen) atoms. The Morgan fingerprint density at radius 3 is 2.00 bits per heavy atom. The summed E-state index contributed by atoms with van der Waals surface area (Å²) in [4.78, 5) is 2.07. The van der Waals surface area contributed by atoms with Crippen molar-refractivity contribution in [2.24, 2.45) is 0 Å². The van der Waals surface area contributed by atoms with Crippen LogP contribution in [0.15, 0.2) is 24.3 Å². The molecule has 1 aromatic rings. The van der Waals surface area contributed by atoms with Gasteiger partial charge in [-0.3, -0.25) is 0 Å². The molecule has 0 aliphatic rings. The van der Waals surface area contributed by atoms with Crippen LogP contribution in [0.4, 0.5) is 11.4 Å². The molecule has 0 bridgehead atoms. The predicted octanol–water partition coefficient (Wildman–Crippen LogP) is 1.35. The van der Waals surface area contributed by atoms with Crippen LogP contribution in [0.2, 0.25) is 0 Å². The van der Waals surface area contributed by atoms with Crippen molar-refractivity contribution in [1.82, 2.24) is 0 Å². The van der Waals surface area contributed by atoms with Gasteiger partial charge in [0.05, 0.1) is 0 Å². The summed E-state index contributed by atoms with van der Waals surface area (Å²) in [7, 11) is -4.62. The summed E-state index contributed by atoms with van der Waals surface area (Å²) in [6.07, 6.45) is 0. The molecule has 0 fully saturated rings. The van der Waals surface area contributed by atoms with Crippen molar-refractivity contribution < 1.29 is 17.1 Å². The fourth-order valence-corrected chi connectivity index (χ4v) is 1.90. The SMILES string of the molecule is CCN(CC)c1ccc([N+](=[N-])S(=O)(=O)O)cc1.[NaH]. The molecule has 1 N–H and O–H groups in total. The fraction of sp³-hybridized carbons (Fsp3) is 0.400.